The molecule has 0 unspecified atom stereocenters. The zero-order valence-corrected chi connectivity index (χ0v) is 20.2. The van der Waals surface area contributed by atoms with Crippen LogP contribution >= 0.6 is 0 Å². The number of benzene rings is 1. The summed E-state index contributed by atoms with van der Waals surface area (Å²) in [5.74, 6) is 0.917. The average Bonchev–Trinajstić information content (AvgIpc) is 2.96. The van der Waals surface area contributed by atoms with E-state index in [-0.39, 0.29) is 5.54 Å². The second-order valence-electron chi connectivity index (χ2n) is 10.1. The minimum absolute atomic E-state index is 0.279. The first kappa shape index (κ1) is 25.2. The van der Waals surface area contributed by atoms with Crippen molar-refractivity contribution in [3.05, 3.63) is 29.8 Å². The largest absolute Gasteiger partial charge is 0.494 e. The van der Waals surface area contributed by atoms with E-state index in [0.717, 1.165) is 37.2 Å². The van der Waals surface area contributed by atoms with Gasteiger partial charge in [-0.15, -0.1) is 10.3 Å². The molecule has 2 rings (SSSR count). The van der Waals surface area contributed by atoms with E-state index in [1.807, 2.05) is 26.0 Å². The van der Waals surface area contributed by atoms with Gasteiger partial charge < -0.3 is 4.74 Å². The predicted molar refractivity (Wildman–Crippen MR) is 126 cm³/mol. The molecule has 0 aromatic heterocycles. The van der Waals surface area contributed by atoms with Crippen molar-refractivity contribution >= 4 is 0 Å². The molecule has 1 saturated heterocycles. The smallest absolute Gasteiger partial charge is 0.119 e. The van der Waals surface area contributed by atoms with Crippen LogP contribution in [-0.4, -0.2) is 17.2 Å². The maximum absolute atomic E-state index is 12.7. The van der Waals surface area contributed by atoms with Crippen LogP contribution in [0.4, 0.5) is 0 Å². The van der Waals surface area contributed by atoms with E-state index in [1.165, 1.54) is 75.7 Å². The van der Waals surface area contributed by atoms with Gasteiger partial charge in [-0.1, -0.05) is 89.7 Å². The van der Waals surface area contributed by atoms with E-state index in [0.29, 0.717) is 0 Å². The molecule has 30 heavy (non-hydrogen) atoms. The summed E-state index contributed by atoms with van der Waals surface area (Å²) in [6.07, 6.45) is 18.2. The summed E-state index contributed by atoms with van der Waals surface area (Å²) in [6, 6.07) is 8.20. The number of hydrogen-bond donors (Lipinski definition) is 0. The van der Waals surface area contributed by atoms with Crippen molar-refractivity contribution in [1.82, 2.24) is 5.06 Å². The number of rotatable bonds is 15. The summed E-state index contributed by atoms with van der Waals surface area (Å²) in [5.41, 5.74) is 0.400. The molecular weight excluding hydrogens is 370 g/mol. The van der Waals surface area contributed by atoms with Crippen LogP contribution in [0.5, 0.6) is 5.75 Å². The molecule has 0 bridgehead atoms. The van der Waals surface area contributed by atoms with E-state index < -0.39 is 5.54 Å². The fraction of sp³-hybridized carbons (Fsp3) is 0.778. The first-order valence-corrected chi connectivity index (χ1v) is 12.6. The topological polar surface area (TPSA) is 32.4 Å². The van der Waals surface area contributed by atoms with Crippen molar-refractivity contribution in [2.75, 3.05) is 6.61 Å². The molecule has 0 spiro atoms. The monoisotopic (exact) mass is 416 g/mol. The molecule has 0 aliphatic carbocycles. The molecule has 1 radical (unpaired) electrons. The zero-order chi connectivity index (χ0) is 21.9. The Hall–Kier alpha value is -1.06. The first-order chi connectivity index (χ1) is 14.4. The minimum atomic E-state index is -0.419. The van der Waals surface area contributed by atoms with E-state index in [4.69, 9.17) is 4.74 Å². The maximum Gasteiger partial charge on any atom is 0.119 e. The summed E-state index contributed by atoms with van der Waals surface area (Å²) in [7, 11) is 0. The Morgan fingerprint density at radius 2 is 1.27 bits per heavy atom. The summed E-state index contributed by atoms with van der Waals surface area (Å²) < 4.78 is 5.92. The minimum Gasteiger partial charge on any atom is -0.494 e. The Bertz CT molecular complexity index is 583. The molecule has 1 fully saturated rings. The molecule has 0 N–H and O–H groups in total. The van der Waals surface area contributed by atoms with E-state index in [9.17, 15) is 5.21 Å². The van der Waals surface area contributed by atoms with Crippen LogP contribution in [0, 0.1) is 0 Å². The highest BCUT2D eigenvalue weighted by atomic mass is 16.5. The Labute approximate surface area is 186 Å². The molecule has 1 aromatic carbocycles. The highest BCUT2D eigenvalue weighted by Gasteiger charge is 2.49. The van der Waals surface area contributed by atoms with E-state index in [1.54, 1.807) is 0 Å². The van der Waals surface area contributed by atoms with Gasteiger partial charge in [0.25, 0.3) is 0 Å². The lowest BCUT2D eigenvalue weighted by Crippen LogP contribution is -2.44. The molecule has 1 atom stereocenters. The van der Waals surface area contributed by atoms with Crippen LogP contribution in [0.2, 0.25) is 0 Å². The quantitative estimate of drug-likeness (QED) is 0.270. The van der Waals surface area contributed by atoms with Crippen molar-refractivity contribution in [2.45, 2.75) is 129 Å². The Morgan fingerprint density at radius 1 is 0.767 bits per heavy atom. The third kappa shape index (κ3) is 7.57. The zero-order valence-electron chi connectivity index (χ0n) is 20.2. The number of hydroxylamine groups is 2. The third-order valence-electron chi connectivity index (χ3n) is 6.96. The van der Waals surface area contributed by atoms with Gasteiger partial charge in [0.1, 0.15) is 5.75 Å². The predicted octanol–water partition coefficient (Wildman–Crippen LogP) is 8.20. The Kier molecular flexibility index (Phi) is 10.7. The SMILES string of the molecule is CCCCCCCCCCCCCCOc1ccc([C@]2(C)CCC(C)(C)N2[O])cc1. The van der Waals surface area contributed by atoms with Crippen molar-refractivity contribution in [3.8, 4) is 5.75 Å². The molecule has 1 aliphatic rings. The fourth-order valence-corrected chi connectivity index (χ4v) is 4.73. The molecule has 3 nitrogen and oxygen atoms in total. The summed E-state index contributed by atoms with van der Waals surface area (Å²) in [4.78, 5) is 0. The number of ether oxygens (including phenoxy) is 1. The van der Waals surface area contributed by atoms with Crippen LogP contribution < -0.4 is 4.74 Å². The lowest BCUT2D eigenvalue weighted by molar-refractivity contribution is -0.252. The average molecular weight is 417 g/mol. The van der Waals surface area contributed by atoms with Gasteiger partial charge in [0.2, 0.25) is 0 Å². The van der Waals surface area contributed by atoms with Crippen LogP contribution in [0.25, 0.3) is 0 Å². The van der Waals surface area contributed by atoms with Gasteiger partial charge >= 0.3 is 0 Å². The highest BCUT2D eigenvalue weighted by Crippen LogP contribution is 2.46. The molecule has 1 aromatic rings. The van der Waals surface area contributed by atoms with Gasteiger partial charge in [-0.25, -0.2) is 0 Å². The number of nitrogens with zero attached hydrogens (tertiary/aromatic N) is 1. The van der Waals surface area contributed by atoms with Gasteiger partial charge in [-0.3, -0.25) is 0 Å². The van der Waals surface area contributed by atoms with Crippen LogP contribution in [0.3, 0.4) is 0 Å². The van der Waals surface area contributed by atoms with Gasteiger partial charge in [0.15, 0.2) is 0 Å². The molecule has 3 heteroatoms. The fourth-order valence-electron chi connectivity index (χ4n) is 4.73. The standard InChI is InChI=1S/C27H46NO2/c1-5-6-7-8-9-10-11-12-13-14-15-16-23-30-25-19-17-24(18-20-25)27(4)22-21-26(2,3)28(27)29/h17-20H,5-16,21-23H2,1-4H3/t27-/m0/s1. The second kappa shape index (κ2) is 12.7. The first-order valence-electron chi connectivity index (χ1n) is 12.6. The molecule has 0 saturated carbocycles. The molecule has 171 valence electrons. The third-order valence-corrected chi connectivity index (χ3v) is 6.96. The lowest BCUT2D eigenvalue weighted by Gasteiger charge is -2.35. The van der Waals surface area contributed by atoms with Crippen molar-refractivity contribution < 1.29 is 9.94 Å². The molecule has 1 heterocycles. The Balaban J connectivity index is 1.53. The van der Waals surface area contributed by atoms with Crippen LogP contribution in [0.15, 0.2) is 24.3 Å². The number of hydrogen-bond acceptors (Lipinski definition) is 2. The van der Waals surface area contributed by atoms with Gasteiger partial charge in [-0.2, -0.15) is 0 Å². The molecule has 0 amide bonds. The number of unbranched alkanes of at least 4 members (excludes halogenated alkanes) is 11. The van der Waals surface area contributed by atoms with Crippen molar-refractivity contribution in [2.24, 2.45) is 0 Å². The normalized spacial score (nSPS) is 21.2. The van der Waals surface area contributed by atoms with E-state index >= 15 is 0 Å². The second-order valence-corrected chi connectivity index (χ2v) is 10.1. The van der Waals surface area contributed by atoms with Gasteiger partial charge in [0, 0.05) is 5.54 Å². The highest BCUT2D eigenvalue weighted by molar-refractivity contribution is 5.32. The summed E-state index contributed by atoms with van der Waals surface area (Å²) in [6.45, 7) is 9.21. The van der Waals surface area contributed by atoms with E-state index in [2.05, 4.69) is 26.0 Å². The van der Waals surface area contributed by atoms with Crippen LogP contribution in [0.1, 0.15) is 123 Å². The van der Waals surface area contributed by atoms with Crippen LogP contribution in [-0.2, 0) is 10.7 Å². The van der Waals surface area contributed by atoms with Gasteiger partial charge in [0.05, 0.1) is 12.1 Å². The van der Waals surface area contributed by atoms with Crippen molar-refractivity contribution in [1.29, 1.82) is 0 Å². The maximum atomic E-state index is 12.7. The summed E-state index contributed by atoms with van der Waals surface area (Å²) >= 11 is 0. The molecule has 1 aliphatic heterocycles. The Morgan fingerprint density at radius 3 is 1.73 bits per heavy atom. The van der Waals surface area contributed by atoms with Crippen molar-refractivity contribution in [3.63, 3.8) is 0 Å². The van der Waals surface area contributed by atoms with Gasteiger partial charge in [-0.05, 0) is 57.7 Å². The molecular formula is C27H46NO2. The summed E-state index contributed by atoms with van der Waals surface area (Å²) in [5, 5.41) is 14.0. The lowest BCUT2D eigenvalue weighted by atomic mass is 9.90.